The van der Waals surface area contributed by atoms with Crippen LogP contribution in [0, 0.1) is 5.92 Å². The van der Waals surface area contributed by atoms with Gasteiger partial charge < -0.3 is 4.90 Å². The third kappa shape index (κ3) is 2.14. The van der Waals surface area contributed by atoms with E-state index in [1.807, 2.05) is 11.8 Å². The van der Waals surface area contributed by atoms with Crippen LogP contribution >= 0.6 is 0 Å². The summed E-state index contributed by atoms with van der Waals surface area (Å²) in [5.74, 6) is 0.587. The fourth-order valence-corrected chi connectivity index (χ4v) is 2.24. The predicted molar refractivity (Wildman–Crippen MR) is 70.1 cm³/mol. The lowest BCUT2D eigenvalue weighted by molar-refractivity contribution is 0.0758. The van der Waals surface area contributed by atoms with Crippen molar-refractivity contribution in [2.75, 3.05) is 13.1 Å². The molecule has 2 aromatic rings. The minimum atomic E-state index is -0.324. The molecule has 3 rings (SSSR count). The number of amides is 1. The molecule has 2 heterocycles. The molecule has 1 N–H and O–H groups in total. The van der Waals surface area contributed by atoms with Crippen molar-refractivity contribution >= 4 is 11.6 Å². The summed E-state index contributed by atoms with van der Waals surface area (Å²) in [6, 6.07) is 3.41. The number of nitrogens with zero attached hydrogens (tertiary/aromatic N) is 3. The number of hydrogen-bond acceptors (Lipinski definition) is 3. The van der Waals surface area contributed by atoms with Gasteiger partial charge in [-0.05, 0) is 37.8 Å². The van der Waals surface area contributed by atoms with E-state index in [0.717, 1.165) is 6.54 Å². The van der Waals surface area contributed by atoms with Crippen molar-refractivity contribution in [1.82, 2.24) is 19.5 Å². The van der Waals surface area contributed by atoms with Gasteiger partial charge in [0.25, 0.3) is 5.91 Å². The fraction of sp³-hybridized carbons (Fsp3) is 0.462. The molecule has 0 saturated heterocycles. The highest BCUT2D eigenvalue weighted by atomic mass is 16.2. The largest absolute Gasteiger partial charge is 0.347 e. The van der Waals surface area contributed by atoms with E-state index in [1.54, 1.807) is 18.3 Å². The molecule has 0 unspecified atom stereocenters. The number of aromatic amines is 1. The van der Waals surface area contributed by atoms with Gasteiger partial charge in [0, 0.05) is 19.3 Å². The quantitative estimate of drug-likeness (QED) is 0.887. The topological polar surface area (TPSA) is 70.5 Å². The standard InChI is InChI=1S/C13H16N4O2/c1-2-16(8-9-5-6-9)12(18)10-4-3-7-17-11(10)14-15-13(17)19/h3-4,7,9H,2,5-6,8H2,1H3,(H,15,19). The number of fused-ring (bicyclic) bond motifs is 1. The van der Waals surface area contributed by atoms with Gasteiger partial charge in [-0.2, -0.15) is 5.10 Å². The molecule has 1 fully saturated rings. The summed E-state index contributed by atoms with van der Waals surface area (Å²) in [7, 11) is 0. The fourth-order valence-electron chi connectivity index (χ4n) is 2.24. The Bertz CT molecular complexity index is 669. The smallest absolute Gasteiger partial charge is 0.339 e. The number of pyridine rings is 1. The molecular weight excluding hydrogens is 244 g/mol. The van der Waals surface area contributed by atoms with Crippen molar-refractivity contribution in [3.63, 3.8) is 0 Å². The molecule has 0 bridgehead atoms. The van der Waals surface area contributed by atoms with Gasteiger partial charge in [0.2, 0.25) is 0 Å². The van der Waals surface area contributed by atoms with Crippen molar-refractivity contribution in [1.29, 1.82) is 0 Å². The number of carbonyl (C=O) groups is 1. The summed E-state index contributed by atoms with van der Waals surface area (Å²) in [5, 5.41) is 6.30. The maximum absolute atomic E-state index is 12.5. The van der Waals surface area contributed by atoms with Crippen LogP contribution in [0.25, 0.3) is 5.65 Å². The average molecular weight is 260 g/mol. The highest BCUT2D eigenvalue weighted by molar-refractivity contribution is 5.99. The molecule has 1 saturated carbocycles. The van der Waals surface area contributed by atoms with Crippen molar-refractivity contribution in [3.8, 4) is 0 Å². The molecule has 0 radical (unpaired) electrons. The molecule has 1 aliphatic rings. The molecule has 0 spiro atoms. The van der Waals surface area contributed by atoms with E-state index in [-0.39, 0.29) is 11.6 Å². The minimum Gasteiger partial charge on any atom is -0.339 e. The van der Waals surface area contributed by atoms with E-state index in [2.05, 4.69) is 10.2 Å². The van der Waals surface area contributed by atoms with Crippen LogP contribution in [0.2, 0.25) is 0 Å². The maximum Gasteiger partial charge on any atom is 0.347 e. The van der Waals surface area contributed by atoms with E-state index in [9.17, 15) is 9.59 Å². The summed E-state index contributed by atoms with van der Waals surface area (Å²) in [6.07, 6.45) is 4.01. The summed E-state index contributed by atoms with van der Waals surface area (Å²) in [6.45, 7) is 3.44. The van der Waals surface area contributed by atoms with Crippen LogP contribution < -0.4 is 5.69 Å². The second kappa shape index (κ2) is 4.53. The lowest BCUT2D eigenvalue weighted by atomic mass is 10.2. The normalized spacial score (nSPS) is 14.8. The number of aromatic nitrogens is 3. The third-order valence-corrected chi connectivity index (χ3v) is 3.52. The minimum absolute atomic E-state index is 0.0565. The van der Waals surface area contributed by atoms with Crippen LogP contribution in [0.3, 0.4) is 0 Å². The monoisotopic (exact) mass is 260 g/mol. The molecule has 1 aliphatic carbocycles. The van der Waals surface area contributed by atoms with Crippen LogP contribution in [0.5, 0.6) is 0 Å². The van der Waals surface area contributed by atoms with E-state index in [0.29, 0.717) is 23.7 Å². The van der Waals surface area contributed by atoms with E-state index < -0.39 is 0 Å². The average Bonchev–Trinajstić information content (AvgIpc) is 3.18. The zero-order chi connectivity index (χ0) is 13.4. The van der Waals surface area contributed by atoms with Crippen LogP contribution in [0.4, 0.5) is 0 Å². The van der Waals surface area contributed by atoms with Crippen molar-refractivity contribution < 1.29 is 4.79 Å². The zero-order valence-electron chi connectivity index (χ0n) is 10.8. The second-order valence-corrected chi connectivity index (χ2v) is 4.93. The Morgan fingerprint density at radius 3 is 3.05 bits per heavy atom. The van der Waals surface area contributed by atoms with Gasteiger partial charge in [-0.25, -0.2) is 14.3 Å². The summed E-state index contributed by atoms with van der Waals surface area (Å²) < 4.78 is 1.36. The van der Waals surface area contributed by atoms with Gasteiger partial charge in [-0.3, -0.25) is 4.79 Å². The third-order valence-electron chi connectivity index (χ3n) is 3.52. The van der Waals surface area contributed by atoms with Gasteiger partial charge in [-0.1, -0.05) is 0 Å². The Labute approximate surface area is 110 Å². The van der Waals surface area contributed by atoms with Gasteiger partial charge >= 0.3 is 5.69 Å². The lowest BCUT2D eigenvalue weighted by Crippen LogP contribution is -2.33. The van der Waals surface area contributed by atoms with Gasteiger partial charge in [0.1, 0.15) is 0 Å². The van der Waals surface area contributed by atoms with Crippen LogP contribution in [0.15, 0.2) is 23.1 Å². The zero-order valence-corrected chi connectivity index (χ0v) is 10.8. The molecule has 2 aromatic heterocycles. The highest BCUT2D eigenvalue weighted by Crippen LogP contribution is 2.30. The van der Waals surface area contributed by atoms with Crippen molar-refractivity contribution in [3.05, 3.63) is 34.4 Å². The first-order valence-electron chi connectivity index (χ1n) is 6.55. The van der Waals surface area contributed by atoms with Crippen LogP contribution in [-0.2, 0) is 0 Å². The van der Waals surface area contributed by atoms with Crippen LogP contribution in [0.1, 0.15) is 30.1 Å². The molecule has 0 atom stereocenters. The number of nitrogens with one attached hydrogen (secondary N) is 1. The number of rotatable bonds is 4. The Kier molecular flexibility index (Phi) is 2.85. The Hall–Kier alpha value is -2.11. The van der Waals surface area contributed by atoms with Crippen molar-refractivity contribution in [2.24, 2.45) is 5.92 Å². The maximum atomic E-state index is 12.5. The van der Waals surface area contributed by atoms with Gasteiger partial charge in [0.15, 0.2) is 5.65 Å². The summed E-state index contributed by atoms with van der Waals surface area (Å²) in [4.78, 5) is 25.8. The molecular formula is C13H16N4O2. The second-order valence-electron chi connectivity index (χ2n) is 4.93. The number of H-pyrrole nitrogens is 1. The van der Waals surface area contributed by atoms with Crippen molar-refractivity contribution in [2.45, 2.75) is 19.8 Å². The van der Waals surface area contributed by atoms with Crippen LogP contribution in [-0.4, -0.2) is 38.5 Å². The first kappa shape index (κ1) is 12.0. The molecule has 1 amide bonds. The molecule has 6 nitrogen and oxygen atoms in total. The number of carbonyl (C=O) groups excluding carboxylic acids is 1. The first-order valence-corrected chi connectivity index (χ1v) is 6.55. The molecule has 6 heteroatoms. The molecule has 0 aromatic carbocycles. The van der Waals surface area contributed by atoms with E-state index in [4.69, 9.17) is 0 Å². The van der Waals surface area contributed by atoms with E-state index in [1.165, 1.54) is 17.2 Å². The lowest BCUT2D eigenvalue weighted by Gasteiger charge is -2.20. The number of hydrogen-bond donors (Lipinski definition) is 1. The predicted octanol–water partition coefficient (Wildman–Crippen LogP) is 0.895. The first-order chi connectivity index (χ1) is 9.20. The molecule has 0 aliphatic heterocycles. The summed E-state index contributed by atoms with van der Waals surface area (Å²) >= 11 is 0. The molecule has 19 heavy (non-hydrogen) atoms. The van der Waals surface area contributed by atoms with E-state index >= 15 is 0 Å². The Balaban J connectivity index is 1.97. The van der Waals surface area contributed by atoms with Gasteiger partial charge in [0.05, 0.1) is 5.56 Å². The SMILES string of the molecule is CCN(CC1CC1)C(=O)c1cccn2c(=O)[nH]nc12. The summed E-state index contributed by atoms with van der Waals surface area (Å²) in [5.41, 5.74) is 0.546. The van der Waals surface area contributed by atoms with Gasteiger partial charge in [-0.15, -0.1) is 0 Å². The molecule has 100 valence electrons. The Morgan fingerprint density at radius 2 is 2.37 bits per heavy atom. The Morgan fingerprint density at radius 1 is 1.58 bits per heavy atom. The highest BCUT2D eigenvalue weighted by Gasteiger charge is 2.27.